The molecule has 0 radical (unpaired) electrons. The molecular weight excluding hydrogens is 585 g/mol. The van der Waals surface area contributed by atoms with E-state index in [1.807, 2.05) is 12.1 Å². The van der Waals surface area contributed by atoms with Gasteiger partial charge in [0.15, 0.2) is 11.2 Å². The largest absolute Gasteiger partial charge is 0.452 e. The summed E-state index contributed by atoms with van der Waals surface area (Å²) in [6, 6.07) is 60.2. The maximum Gasteiger partial charge on any atom is 0.178 e. The highest BCUT2D eigenvalue weighted by molar-refractivity contribution is 6.24. The van der Waals surface area contributed by atoms with Crippen molar-refractivity contribution in [3.8, 4) is 44.7 Å². The van der Waals surface area contributed by atoms with Crippen LogP contribution in [0.15, 0.2) is 179 Å². The summed E-state index contributed by atoms with van der Waals surface area (Å²) in [4.78, 5) is 0. The first-order valence-corrected chi connectivity index (χ1v) is 16.4. The molecule has 0 saturated carbocycles. The maximum atomic E-state index is 7.12. The van der Waals surface area contributed by atoms with E-state index in [4.69, 9.17) is 8.83 Å². The average Bonchev–Trinajstić information content (AvgIpc) is 3.73. The fourth-order valence-corrected chi connectivity index (χ4v) is 7.55. The molecule has 224 valence electrons. The van der Waals surface area contributed by atoms with E-state index in [0.717, 1.165) is 66.1 Å². The quantitative estimate of drug-likeness (QED) is 0.185. The molecule has 0 aliphatic carbocycles. The van der Waals surface area contributed by atoms with Gasteiger partial charge in [-0.05, 0) is 67.6 Å². The van der Waals surface area contributed by atoms with Gasteiger partial charge in [-0.1, -0.05) is 152 Å². The third-order valence-corrected chi connectivity index (χ3v) is 9.70. The molecule has 0 spiro atoms. The third-order valence-electron chi connectivity index (χ3n) is 9.70. The molecule has 2 heteroatoms. The lowest BCUT2D eigenvalue weighted by Crippen LogP contribution is -1.91. The van der Waals surface area contributed by atoms with E-state index in [1.54, 1.807) is 0 Å². The predicted molar refractivity (Wildman–Crippen MR) is 200 cm³/mol. The zero-order valence-electron chi connectivity index (χ0n) is 26.0. The molecule has 2 aromatic heterocycles. The summed E-state index contributed by atoms with van der Waals surface area (Å²) < 4.78 is 13.6. The van der Waals surface area contributed by atoms with Crippen LogP contribution >= 0.6 is 0 Å². The van der Waals surface area contributed by atoms with Crippen molar-refractivity contribution in [3.63, 3.8) is 0 Å². The summed E-state index contributed by atoms with van der Waals surface area (Å²) in [6.07, 6.45) is 0. The Morgan fingerprint density at radius 1 is 0.250 bits per heavy atom. The van der Waals surface area contributed by atoms with Crippen molar-refractivity contribution in [3.05, 3.63) is 170 Å². The Morgan fingerprint density at radius 3 is 1.33 bits per heavy atom. The van der Waals surface area contributed by atoms with E-state index in [-0.39, 0.29) is 0 Å². The van der Waals surface area contributed by atoms with Gasteiger partial charge in [0, 0.05) is 27.3 Å². The maximum absolute atomic E-state index is 7.12. The van der Waals surface area contributed by atoms with E-state index >= 15 is 0 Å². The summed E-state index contributed by atoms with van der Waals surface area (Å²) in [5.41, 5.74) is 10.5. The number of furan rings is 2. The molecule has 2 nitrogen and oxygen atoms in total. The fourth-order valence-electron chi connectivity index (χ4n) is 7.55. The number of fused-ring (bicyclic) bond motifs is 7. The molecule has 0 fully saturated rings. The van der Waals surface area contributed by atoms with E-state index in [9.17, 15) is 0 Å². The van der Waals surface area contributed by atoms with Gasteiger partial charge in [-0.15, -0.1) is 0 Å². The zero-order valence-corrected chi connectivity index (χ0v) is 26.0. The third kappa shape index (κ3) is 4.00. The van der Waals surface area contributed by atoms with E-state index in [2.05, 4.69) is 158 Å². The lowest BCUT2D eigenvalue weighted by atomic mass is 9.86. The van der Waals surface area contributed by atoms with Crippen molar-refractivity contribution in [2.45, 2.75) is 0 Å². The van der Waals surface area contributed by atoms with Crippen LogP contribution in [0.25, 0.3) is 99.2 Å². The van der Waals surface area contributed by atoms with Gasteiger partial charge in [0.25, 0.3) is 0 Å². The molecule has 0 amide bonds. The van der Waals surface area contributed by atoms with E-state index < -0.39 is 0 Å². The molecule has 0 unspecified atom stereocenters. The van der Waals surface area contributed by atoms with Gasteiger partial charge in [0.05, 0.1) is 0 Å². The molecule has 0 saturated heterocycles. The molecule has 0 atom stereocenters. The Balaban J connectivity index is 1.30. The van der Waals surface area contributed by atoms with Gasteiger partial charge in [-0.3, -0.25) is 0 Å². The van der Waals surface area contributed by atoms with Crippen LogP contribution in [0.2, 0.25) is 0 Å². The highest BCUT2D eigenvalue weighted by Gasteiger charge is 2.26. The second-order valence-corrected chi connectivity index (χ2v) is 12.4. The van der Waals surface area contributed by atoms with Crippen LogP contribution in [0.4, 0.5) is 0 Å². The second kappa shape index (κ2) is 10.6. The smallest absolute Gasteiger partial charge is 0.178 e. The number of rotatable bonds is 4. The second-order valence-electron chi connectivity index (χ2n) is 12.4. The Kier molecular flexibility index (Phi) is 5.91. The fraction of sp³-hybridized carbons (Fsp3) is 0. The van der Waals surface area contributed by atoms with E-state index in [0.29, 0.717) is 0 Å². The molecule has 2 heterocycles. The average molecular weight is 613 g/mol. The molecule has 0 N–H and O–H groups in total. The first-order chi connectivity index (χ1) is 23.8. The van der Waals surface area contributed by atoms with Gasteiger partial charge < -0.3 is 8.83 Å². The van der Waals surface area contributed by atoms with Crippen molar-refractivity contribution < 1.29 is 8.83 Å². The van der Waals surface area contributed by atoms with Crippen LogP contribution < -0.4 is 0 Å². The molecule has 0 aliphatic rings. The Hall–Kier alpha value is -6.38. The summed E-state index contributed by atoms with van der Waals surface area (Å²) >= 11 is 0. The van der Waals surface area contributed by atoms with Crippen molar-refractivity contribution in [1.82, 2.24) is 0 Å². The van der Waals surface area contributed by atoms with Crippen molar-refractivity contribution in [1.29, 1.82) is 0 Å². The minimum absolute atomic E-state index is 0.770. The first kappa shape index (κ1) is 26.8. The zero-order chi connectivity index (χ0) is 31.6. The minimum Gasteiger partial charge on any atom is -0.452 e. The molecule has 8 aromatic carbocycles. The summed E-state index contributed by atoms with van der Waals surface area (Å²) in [5.74, 6) is 0.850. The highest BCUT2D eigenvalue weighted by Crippen LogP contribution is 2.50. The summed E-state index contributed by atoms with van der Waals surface area (Å²) in [5, 5.41) is 7.86. The molecule has 0 aliphatic heterocycles. The molecule has 0 bridgehead atoms. The molecular formula is C46H28O2. The van der Waals surface area contributed by atoms with E-state index in [1.165, 1.54) is 33.0 Å². The Labute approximate surface area is 277 Å². The number of para-hydroxylation sites is 1. The van der Waals surface area contributed by atoms with Crippen LogP contribution in [0.3, 0.4) is 0 Å². The predicted octanol–water partition coefficient (Wildman–Crippen LogP) is 13.3. The Bertz CT molecular complexity index is 2750. The van der Waals surface area contributed by atoms with Crippen molar-refractivity contribution in [2.75, 3.05) is 0 Å². The number of hydrogen-bond donors (Lipinski definition) is 0. The highest BCUT2D eigenvalue weighted by atomic mass is 16.4. The van der Waals surface area contributed by atoms with Crippen LogP contribution in [0.1, 0.15) is 0 Å². The monoisotopic (exact) mass is 612 g/mol. The normalized spacial score (nSPS) is 11.8. The van der Waals surface area contributed by atoms with Gasteiger partial charge in [-0.2, -0.15) is 0 Å². The van der Waals surface area contributed by atoms with Gasteiger partial charge in [0.1, 0.15) is 11.3 Å². The Morgan fingerprint density at radius 2 is 0.688 bits per heavy atom. The van der Waals surface area contributed by atoms with Crippen molar-refractivity contribution >= 4 is 54.5 Å². The molecule has 10 aromatic rings. The summed E-state index contributed by atoms with van der Waals surface area (Å²) in [6.45, 7) is 0. The van der Waals surface area contributed by atoms with Gasteiger partial charge in [-0.25, -0.2) is 0 Å². The molecule has 48 heavy (non-hydrogen) atoms. The SMILES string of the molecule is c1ccc(-c2ccc(-c3c4ccccc4c(-c4oc5c(ccc6c7ccccc7oc65)c4-c4ccccc4)c4ccccc34)cc2)cc1. The van der Waals surface area contributed by atoms with Crippen LogP contribution in [-0.2, 0) is 0 Å². The van der Waals surface area contributed by atoms with Crippen LogP contribution in [-0.4, -0.2) is 0 Å². The number of hydrogen-bond acceptors (Lipinski definition) is 2. The first-order valence-electron chi connectivity index (χ1n) is 16.4. The van der Waals surface area contributed by atoms with Gasteiger partial charge >= 0.3 is 0 Å². The lowest BCUT2D eigenvalue weighted by molar-refractivity contribution is 0.613. The molecule has 10 rings (SSSR count). The van der Waals surface area contributed by atoms with Crippen LogP contribution in [0, 0.1) is 0 Å². The minimum atomic E-state index is 0.770. The number of benzene rings is 8. The van der Waals surface area contributed by atoms with Crippen molar-refractivity contribution in [2.24, 2.45) is 0 Å². The lowest BCUT2D eigenvalue weighted by Gasteiger charge is -2.17. The topological polar surface area (TPSA) is 26.3 Å². The summed E-state index contributed by atoms with van der Waals surface area (Å²) in [7, 11) is 0. The van der Waals surface area contributed by atoms with Gasteiger partial charge in [0.2, 0.25) is 0 Å². The van der Waals surface area contributed by atoms with Crippen LogP contribution in [0.5, 0.6) is 0 Å². The standard InChI is InChI=1S/C46H28O2/c1-3-13-29(14-4-1)30-23-25-32(26-24-30)41-34-18-7-9-20-36(34)43(37-21-10-8-19-35(37)41)46-42(31-15-5-2-6-16-31)39-28-27-38-33-17-11-12-22-40(33)47-44(38)45(39)48-46/h1-28H.